The minimum absolute atomic E-state index is 0.187. The number of nitrogens with one attached hydrogen (secondary N) is 3. The van der Waals surface area contributed by atoms with E-state index >= 15 is 0 Å². The maximum atomic E-state index is 12.7. The van der Waals surface area contributed by atoms with E-state index in [2.05, 4.69) is 15.6 Å². The summed E-state index contributed by atoms with van der Waals surface area (Å²) in [5, 5.41) is 14.6. The summed E-state index contributed by atoms with van der Waals surface area (Å²) in [6.45, 7) is 2.37. The third kappa shape index (κ3) is 4.45. The molecule has 0 spiro atoms. The molecule has 0 atom stereocenters. The van der Waals surface area contributed by atoms with Gasteiger partial charge in [0.1, 0.15) is 5.69 Å². The highest BCUT2D eigenvalue weighted by Gasteiger charge is 2.25. The Morgan fingerprint density at radius 2 is 1.94 bits per heavy atom. The number of hydrogen-bond donors (Lipinski definition) is 3. The van der Waals surface area contributed by atoms with E-state index in [4.69, 9.17) is 4.74 Å². The van der Waals surface area contributed by atoms with Gasteiger partial charge in [-0.3, -0.25) is 20.3 Å². The summed E-state index contributed by atoms with van der Waals surface area (Å²) in [6, 6.07) is 8.62. The summed E-state index contributed by atoms with van der Waals surface area (Å²) in [6.07, 6.45) is 0.871. The molecule has 0 unspecified atom stereocenters. The van der Waals surface area contributed by atoms with Crippen molar-refractivity contribution < 1.29 is 22.9 Å². The fourth-order valence-electron chi connectivity index (χ4n) is 3.56. The van der Waals surface area contributed by atoms with Gasteiger partial charge < -0.3 is 15.0 Å². The Labute approximate surface area is 178 Å². The smallest absolute Gasteiger partial charge is 0.292 e. The second-order valence-corrected chi connectivity index (χ2v) is 8.80. The number of hydrazine groups is 1. The van der Waals surface area contributed by atoms with Crippen molar-refractivity contribution in [2.75, 3.05) is 43.1 Å². The molecule has 12 heteroatoms. The van der Waals surface area contributed by atoms with E-state index in [1.165, 1.54) is 6.07 Å². The number of fused-ring (bicyclic) bond motifs is 1. The minimum Gasteiger partial charge on any atom is -0.384 e. The number of sulfonamides is 1. The van der Waals surface area contributed by atoms with Crippen molar-refractivity contribution in [3.05, 3.63) is 57.6 Å². The number of nitro groups is 1. The number of carbonyl (C=O) groups excluding carboxylic acids is 1. The van der Waals surface area contributed by atoms with Gasteiger partial charge in [0.15, 0.2) is 0 Å². The number of morpholine rings is 1. The van der Waals surface area contributed by atoms with Crippen LogP contribution >= 0.6 is 0 Å². The van der Waals surface area contributed by atoms with E-state index in [-0.39, 0.29) is 16.3 Å². The lowest BCUT2D eigenvalue weighted by Gasteiger charge is -2.28. The van der Waals surface area contributed by atoms with Crippen molar-refractivity contribution in [2.24, 2.45) is 0 Å². The van der Waals surface area contributed by atoms with Crippen LogP contribution in [0.25, 0.3) is 0 Å². The molecular weight excluding hydrogens is 426 g/mol. The molecule has 0 radical (unpaired) electrons. The Morgan fingerprint density at radius 3 is 2.68 bits per heavy atom. The average Bonchev–Trinajstić information content (AvgIpc) is 3.25. The molecular formula is C19H21N5O6S. The lowest BCUT2D eigenvalue weighted by molar-refractivity contribution is -0.384. The van der Waals surface area contributed by atoms with Gasteiger partial charge in [0, 0.05) is 37.0 Å². The van der Waals surface area contributed by atoms with Crippen LogP contribution in [0, 0.1) is 10.1 Å². The monoisotopic (exact) mass is 447 g/mol. The Bertz CT molecular complexity index is 1130. The average molecular weight is 447 g/mol. The standard InChI is InChI=1S/C19H21N5O6S/c25-19(14-2-1-13-5-6-20-16(13)11-14)21-22-31(28,29)15-3-4-17(24(26)27)18(12-15)23-7-9-30-10-8-23/h1-4,11-12,20,22H,5-10H2,(H,21,25). The van der Waals surface area contributed by atoms with E-state index < -0.39 is 20.9 Å². The van der Waals surface area contributed by atoms with Crippen LogP contribution in [0.4, 0.5) is 17.1 Å². The number of rotatable bonds is 6. The van der Waals surface area contributed by atoms with Crippen molar-refractivity contribution in [3.8, 4) is 0 Å². The predicted molar refractivity (Wildman–Crippen MR) is 113 cm³/mol. The van der Waals surface area contributed by atoms with Gasteiger partial charge in [0.2, 0.25) is 0 Å². The maximum Gasteiger partial charge on any atom is 0.292 e. The number of nitro benzene ring substituents is 1. The molecule has 0 aliphatic carbocycles. The van der Waals surface area contributed by atoms with Gasteiger partial charge in [0.05, 0.1) is 23.0 Å². The normalized spacial score (nSPS) is 15.8. The van der Waals surface area contributed by atoms with Gasteiger partial charge in [-0.25, -0.2) is 8.42 Å². The van der Waals surface area contributed by atoms with Crippen molar-refractivity contribution >= 4 is 33.0 Å². The lowest BCUT2D eigenvalue weighted by atomic mass is 10.1. The summed E-state index contributed by atoms with van der Waals surface area (Å²) in [4.78, 5) is 26.8. The first-order chi connectivity index (χ1) is 14.8. The Kier molecular flexibility index (Phi) is 5.76. The van der Waals surface area contributed by atoms with Crippen LogP contribution in [0.3, 0.4) is 0 Å². The number of anilines is 2. The van der Waals surface area contributed by atoms with Crippen LogP contribution < -0.4 is 20.5 Å². The van der Waals surface area contributed by atoms with Crippen LogP contribution in [-0.4, -0.2) is 52.1 Å². The molecule has 0 bridgehead atoms. The first-order valence-corrected chi connectivity index (χ1v) is 11.1. The Hall–Kier alpha value is -3.22. The number of nitrogens with zero attached hydrogens (tertiary/aromatic N) is 2. The van der Waals surface area contributed by atoms with Crippen LogP contribution in [0.2, 0.25) is 0 Å². The zero-order valence-corrected chi connectivity index (χ0v) is 17.3. The first kappa shape index (κ1) is 21.0. The zero-order valence-electron chi connectivity index (χ0n) is 16.5. The van der Waals surface area contributed by atoms with Crippen molar-refractivity contribution in [2.45, 2.75) is 11.3 Å². The van der Waals surface area contributed by atoms with Crippen molar-refractivity contribution in [1.82, 2.24) is 10.3 Å². The number of amides is 1. The summed E-state index contributed by atoms with van der Waals surface area (Å²) < 4.78 is 30.7. The number of carbonyl (C=O) groups is 1. The topological polar surface area (TPSA) is 143 Å². The molecule has 1 fully saturated rings. The Morgan fingerprint density at radius 1 is 1.16 bits per heavy atom. The predicted octanol–water partition coefficient (Wildman–Crippen LogP) is 1.02. The van der Waals surface area contributed by atoms with E-state index in [0.29, 0.717) is 31.9 Å². The molecule has 0 aromatic heterocycles. The fourth-order valence-corrected chi connectivity index (χ4v) is 4.42. The lowest BCUT2D eigenvalue weighted by Crippen LogP contribution is -2.41. The van der Waals surface area contributed by atoms with Crippen LogP contribution in [-0.2, 0) is 21.2 Å². The van der Waals surface area contributed by atoms with Gasteiger partial charge in [-0.05, 0) is 36.2 Å². The quantitative estimate of drug-likeness (QED) is 0.440. The molecule has 2 aromatic rings. The largest absolute Gasteiger partial charge is 0.384 e. The molecule has 2 aromatic carbocycles. The highest BCUT2D eigenvalue weighted by molar-refractivity contribution is 7.89. The van der Waals surface area contributed by atoms with Crippen LogP contribution in [0.15, 0.2) is 41.3 Å². The molecule has 2 aliphatic rings. The Balaban J connectivity index is 1.52. The highest BCUT2D eigenvalue weighted by Crippen LogP contribution is 2.31. The SMILES string of the molecule is O=C(NNS(=O)(=O)c1ccc([N+](=O)[O-])c(N2CCOCC2)c1)c1ccc2c(c1)NCC2. The molecule has 4 rings (SSSR count). The maximum absolute atomic E-state index is 12.7. The third-order valence-electron chi connectivity index (χ3n) is 5.19. The van der Waals surface area contributed by atoms with Gasteiger partial charge >= 0.3 is 0 Å². The van der Waals surface area contributed by atoms with Gasteiger partial charge in [-0.2, -0.15) is 0 Å². The third-order valence-corrected chi connectivity index (χ3v) is 6.43. The minimum atomic E-state index is -4.16. The molecule has 2 heterocycles. The summed E-state index contributed by atoms with van der Waals surface area (Å²) in [5.74, 6) is -0.615. The van der Waals surface area contributed by atoms with E-state index in [1.54, 1.807) is 17.0 Å². The summed E-state index contributed by atoms with van der Waals surface area (Å²) in [7, 11) is -4.16. The van der Waals surface area contributed by atoms with E-state index in [1.807, 2.05) is 6.07 Å². The number of ether oxygens (including phenoxy) is 1. The first-order valence-electron chi connectivity index (χ1n) is 9.65. The molecule has 1 amide bonds. The second kappa shape index (κ2) is 8.49. The number of hydrogen-bond acceptors (Lipinski definition) is 8. The fraction of sp³-hybridized carbons (Fsp3) is 0.316. The second-order valence-electron chi connectivity index (χ2n) is 7.12. The molecule has 1 saturated heterocycles. The van der Waals surface area contributed by atoms with Crippen LogP contribution in [0.1, 0.15) is 15.9 Å². The molecule has 0 saturated carbocycles. The molecule has 31 heavy (non-hydrogen) atoms. The summed E-state index contributed by atoms with van der Waals surface area (Å²) >= 11 is 0. The number of benzene rings is 2. The molecule has 3 N–H and O–H groups in total. The van der Waals surface area contributed by atoms with Crippen LogP contribution in [0.5, 0.6) is 0 Å². The van der Waals surface area contributed by atoms with E-state index in [9.17, 15) is 23.3 Å². The highest BCUT2D eigenvalue weighted by atomic mass is 32.2. The molecule has 11 nitrogen and oxygen atoms in total. The molecule has 2 aliphatic heterocycles. The van der Waals surface area contributed by atoms with E-state index in [0.717, 1.165) is 36.3 Å². The zero-order chi connectivity index (χ0) is 22.0. The van der Waals surface area contributed by atoms with Crippen molar-refractivity contribution in [3.63, 3.8) is 0 Å². The van der Waals surface area contributed by atoms with Crippen molar-refractivity contribution in [1.29, 1.82) is 0 Å². The summed E-state index contributed by atoms with van der Waals surface area (Å²) in [5.41, 5.74) is 4.43. The van der Waals surface area contributed by atoms with Gasteiger partial charge in [0.25, 0.3) is 21.6 Å². The van der Waals surface area contributed by atoms with Gasteiger partial charge in [-0.1, -0.05) is 6.07 Å². The molecule has 164 valence electrons. The van der Waals surface area contributed by atoms with Gasteiger partial charge in [-0.15, -0.1) is 4.83 Å².